The highest BCUT2D eigenvalue weighted by atomic mass is 16.5. The molecule has 0 bridgehead atoms. The van der Waals surface area contributed by atoms with Gasteiger partial charge in [-0.25, -0.2) is 4.79 Å². The lowest BCUT2D eigenvalue weighted by atomic mass is 10.0. The van der Waals surface area contributed by atoms with E-state index in [-0.39, 0.29) is 31.1 Å². The fraction of sp³-hybridized carbons (Fsp3) is 0.474. The Morgan fingerprint density at radius 3 is 3.00 bits per heavy atom. The Hall–Kier alpha value is -2.38. The van der Waals surface area contributed by atoms with Crippen LogP contribution >= 0.6 is 0 Å². The average Bonchev–Trinajstić information content (AvgIpc) is 3.02. The number of hydrogen-bond donors (Lipinski definition) is 2. The molecule has 7 nitrogen and oxygen atoms in total. The average molecular weight is 361 g/mol. The van der Waals surface area contributed by atoms with Crippen LogP contribution in [0, 0.1) is 0 Å². The Kier molecular flexibility index (Phi) is 5.90. The van der Waals surface area contributed by atoms with Gasteiger partial charge in [-0.2, -0.15) is 0 Å². The highest BCUT2D eigenvalue weighted by Gasteiger charge is 2.28. The summed E-state index contributed by atoms with van der Waals surface area (Å²) in [5, 5.41) is 12.6. The van der Waals surface area contributed by atoms with Gasteiger partial charge in [0.05, 0.1) is 31.4 Å². The molecule has 2 atom stereocenters. The van der Waals surface area contributed by atoms with Crippen LogP contribution in [0.5, 0.6) is 0 Å². The van der Waals surface area contributed by atoms with Crippen molar-refractivity contribution in [3.63, 3.8) is 0 Å². The largest absolute Gasteiger partial charge is 0.480 e. The molecule has 1 aromatic carbocycles. The number of aliphatic carboxylic acids is 1. The van der Waals surface area contributed by atoms with Crippen molar-refractivity contribution in [3.05, 3.63) is 35.6 Å². The van der Waals surface area contributed by atoms with Crippen LogP contribution in [0.2, 0.25) is 0 Å². The van der Waals surface area contributed by atoms with Crippen LogP contribution < -0.4 is 5.32 Å². The first-order valence-corrected chi connectivity index (χ1v) is 8.76. The number of carboxylic acid groups (broad SMARTS) is 1. The summed E-state index contributed by atoms with van der Waals surface area (Å²) in [4.78, 5) is 23.2. The Morgan fingerprint density at radius 1 is 1.38 bits per heavy atom. The van der Waals surface area contributed by atoms with E-state index in [2.05, 4.69) is 12.2 Å². The number of carbonyl (C=O) groups excluding carboxylic acids is 1. The Labute approximate surface area is 151 Å². The zero-order valence-electron chi connectivity index (χ0n) is 14.7. The molecule has 1 saturated heterocycles. The first-order chi connectivity index (χ1) is 12.6. The molecule has 1 aliphatic heterocycles. The van der Waals surface area contributed by atoms with Crippen LogP contribution in [0.25, 0.3) is 11.0 Å². The molecule has 1 aliphatic rings. The third-order valence-corrected chi connectivity index (χ3v) is 4.54. The third-order valence-electron chi connectivity index (χ3n) is 4.54. The smallest absolute Gasteiger partial charge is 0.329 e. The minimum Gasteiger partial charge on any atom is -0.480 e. The van der Waals surface area contributed by atoms with Gasteiger partial charge >= 0.3 is 5.97 Å². The molecule has 1 amide bonds. The summed E-state index contributed by atoms with van der Waals surface area (Å²) in [6, 6.07) is 5.61. The topological polar surface area (TPSA) is 98.0 Å². The number of fused-ring (bicyclic) bond motifs is 1. The maximum Gasteiger partial charge on any atom is 0.329 e. The van der Waals surface area contributed by atoms with Gasteiger partial charge in [-0.05, 0) is 30.5 Å². The maximum atomic E-state index is 12.5. The number of aryl methyl sites for hydroxylation is 1. The molecule has 0 radical (unpaired) electrons. The van der Waals surface area contributed by atoms with Crippen molar-refractivity contribution in [3.8, 4) is 0 Å². The number of hydrogen-bond acceptors (Lipinski definition) is 5. The van der Waals surface area contributed by atoms with Gasteiger partial charge in [-0.1, -0.05) is 13.0 Å². The summed E-state index contributed by atoms with van der Waals surface area (Å²) in [5.74, 6) is -1.20. The highest BCUT2D eigenvalue weighted by molar-refractivity contribution is 5.88. The number of nitrogens with one attached hydrogen (secondary N) is 1. The second-order valence-corrected chi connectivity index (χ2v) is 6.40. The predicted molar refractivity (Wildman–Crippen MR) is 94.0 cm³/mol. The minimum absolute atomic E-state index is 0.172. The van der Waals surface area contributed by atoms with Gasteiger partial charge in [0.25, 0.3) is 0 Å². The number of rotatable bonds is 7. The molecular weight excluding hydrogens is 338 g/mol. The fourth-order valence-corrected chi connectivity index (χ4v) is 3.15. The molecule has 0 saturated carbocycles. The van der Waals surface area contributed by atoms with Crippen molar-refractivity contribution in [1.82, 2.24) is 5.32 Å². The molecule has 3 rings (SSSR count). The van der Waals surface area contributed by atoms with Crippen molar-refractivity contribution in [2.24, 2.45) is 0 Å². The number of ether oxygens (including phenoxy) is 2. The normalized spacial score (nSPS) is 20.2. The Morgan fingerprint density at radius 2 is 2.23 bits per heavy atom. The summed E-state index contributed by atoms with van der Waals surface area (Å²) < 4.78 is 16.3. The van der Waals surface area contributed by atoms with Crippen LogP contribution in [-0.2, 0) is 31.9 Å². The van der Waals surface area contributed by atoms with E-state index in [9.17, 15) is 9.59 Å². The van der Waals surface area contributed by atoms with E-state index in [4.69, 9.17) is 19.0 Å². The van der Waals surface area contributed by atoms with Gasteiger partial charge in [0, 0.05) is 17.6 Å². The minimum atomic E-state index is -1.03. The molecule has 2 aromatic rings. The molecular formula is C19H23NO6. The monoisotopic (exact) mass is 361 g/mol. The lowest BCUT2D eigenvalue weighted by Gasteiger charge is -2.31. The predicted octanol–water partition coefficient (Wildman–Crippen LogP) is 1.91. The van der Waals surface area contributed by atoms with Gasteiger partial charge in [0.15, 0.2) is 0 Å². The molecule has 2 N–H and O–H groups in total. The lowest BCUT2D eigenvalue weighted by Crippen LogP contribution is -2.51. The number of benzene rings is 1. The second kappa shape index (κ2) is 8.33. The second-order valence-electron chi connectivity index (χ2n) is 6.40. The third kappa shape index (κ3) is 4.42. The number of furan rings is 1. The van der Waals surface area contributed by atoms with Crippen molar-refractivity contribution >= 4 is 22.8 Å². The van der Waals surface area contributed by atoms with E-state index in [1.807, 2.05) is 18.2 Å². The zero-order chi connectivity index (χ0) is 18.5. The van der Waals surface area contributed by atoms with E-state index >= 15 is 0 Å². The van der Waals surface area contributed by atoms with Crippen molar-refractivity contribution in [1.29, 1.82) is 0 Å². The van der Waals surface area contributed by atoms with Gasteiger partial charge in [-0.15, -0.1) is 0 Å². The van der Waals surface area contributed by atoms with E-state index in [0.29, 0.717) is 19.6 Å². The van der Waals surface area contributed by atoms with Crippen LogP contribution in [0.15, 0.2) is 28.9 Å². The van der Waals surface area contributed by atoms with E-state index in [0.717, 1.165) is 23.0 Å². The molecule has 140 valence electrons. The quantitative estimate of drug-likeness (QED) is 0.782. The first kappa shape index (κ1) is 18.4. The molecule has 7 heteroatoms. The number of carbonyl (C=O) groups is 2. The molecule has 0 spiro atoms. The van der Waals surface area contributed by atoms with Crippen molar-refractivity contribution < 1.29 is 28.6 Å². The van der Waals surface area contributed by atoms with Crippen LogP contribution in [0.4, 0.5) is 0 Å². The zero-order valence-corrected chi connectivity index (χ0v) is 14.7. The number of carboxylic acids is 1. The maximum absolute atomic E-state index is 12.5. The molecule has 2 heterocycles. The highest BCUT2D eigenvalue weighted by Crippen LogP contribution is 2.23. The molecule has 26 heavy (non-hydrogen) atoms. The Balaban J connectivity index is 1.65. The van der Waals surface area contributed by atoms with E-state index < -0.39 is 5.97 Å². The molecule has 0 aliphatic carbocycles. The molecule has 1 aromatic heterocycles. The molecule has 0 unspecified atom stereocenters. The van der Waals surface area contributed by atoms with E-state index in [1.165, 1.54) is 5.56 Å². The van der Waals surface area contributed by atoms with Crippen LogP contribution in [-0.4, -0.2) is 48.9 Å². The van der Waals surface area contributed by atoms with Gasteiger partial charge in [0.2, 0.25) is 5.91 Å². The Bertz CT molecular complexity index is 783. The molecule has 1 fully saturated rings. The van der Waals surface area contributed by atoms with Crippen LogP contribution in [0.3, 0.4) is 0 Å². The summed E-state index contributed by atoms with van der Waals surface area (Å²) in [7, 11) is 0. The lowest BCUT2D eigenvalue weighted by molar-refractivity contribution is -0.148. The van der Waals surface area contributed by atoms with Crippen LogP contribution in [0.1, 0.15) is 24.5 Å². The van der Waals surface area contributed by atoms with Gasteiger partial charge < -0.3 is 24.3 Å². The summed E-state index contributed by atoms with van der Waals surface area (Å²) in [5.41, 5.74) is 2.77. The van der Waals surface area contributed by atoms with Gasteiger partial charge in [-0.3, -0.25) is 4.79 Å². The standard InChI is InChI=1S/C19H23NO6/c1-2-12-3-4-16-14(7-12)13(9-25-16)8-18(21)20-15-10-24-6-5-17(15)26-11-19(22)23/h3-4,7,9,15,17H,2,5-6,8,10-11H2,1H3,(H,20,21)(H,22,23)/t15-,17+/m1/s1. The van der Waals surface area contributed by atoms with E-state index in [1.54, 1.807) is 6.26 Å². The number of amides is 1. The first-order valence-electron chi connectivity index (χ1n) is 8.76. The fourth-order valence-electron chi connectivity index (χ4n) is 3.15. The van der Waals surface area contributed by atoms with Gasteiger partial charge in [0.1, 0.15) is 12.2 Å². The summed E-state index contributed by atoms with van der Waals surface area (Å²) in [6.07, 6.45) is 2.89. The van der Waals surface area contributed by atoms with Crippen molar-refractivity contribution in [2.75, 3.05) is 19.8 Å². The SMILES string of the molecule is CCc1ccc2occ(CC(=O)N[C@@H]3COCC[C@@H]3OCC(=O)O)c2c1. The summed E-state index contributed by atoms with van der Waals surface area (Å²) in [6.45, 7) is 2.49. The summed E-state index contributed by atoms with van der Waals surface area (Å²) >= 11 is 0. The van der Waals surface area contributed by atoms with Crippen molar-refractivity contribution in [2.45, 2.75) is 38.3 Å².